The Hall–Kier alpha value is -1.83. The zero-order valence-corrected chi connectivity index (χ0v) is 14.1. The minimum Gasteiger partial charge on any atom is -0.335 e. The maximum absolute atomic E-state index is 12.1. The number of imide groups is 1. The monoisotopic (exact) mass is 337 g/mol. The van der Waals surface area contributed by atoms with Crippen LogP contribution >= 0.6 is 11.8 Å². The van der Waals surface area contributed by atoms with E-state index in [1.807, 2.05) is 0 Å². The summed E-state index contributed by atoms with van der Waals surface area (Å²) in [5, 5.41) is 13.3. The third-order valence-electron chi connectivity index (χ3n) is 3.73. The first-order valence-electron chi connectivity index (χ1n) is 7.87. The molecule has 0 radical (unpaired) electrons. The fourth-order valence-electron chi connectivity index (χ4n) is 2.49. The van der Waals surface area contributed by atoms with Crippen molar-refractivity contribution in [1.82, 2.24) is 25.4 Å². The zero-order valence-electron chi connectivity index (χ0n) is 13.3. The van der Waals surface area contributed by atoms with Gasteiger partial charge in [0.1, 0.15) is 6.33 Å². The van der Waals surface area contributed by atoms with Crippen LogP contribution < -0.4 is 10.6 Å². The van der Waals surface area contributed by atoms with Crippen molar-refractivity contribution in [2.45, 2.75) is 62.0 Å². The quantitative estimate of drug-likeness (QED) is 0.613. The summed E-state index contributed by atoms with van der Waals surface area (Å²) in [6, 6.07) is -0.239. The fourth-order valence-corrected chi connectivity index (χ4v) is 3.33. The Labute approximate surface area is 140 Å². The van der Waals surface area contributed by atoms with Crippen LogP contribution in [0.15, 0.2) is 24.1 Å². The molecule has 0 saturated heterocycles. The fraction of sp³-hybridized carbons (Fsp3) is 0.600. The molecule has 7 nitrogen and oxygen atoms in total. The van der Waals surface area contributed by atoms with Gasteiger partial charge >= 0.3 is 6.03 Å². The van der Waals surface area contributed by atoms with Crippen molar-refractivity contribution in [3.63, 3.8) is 0 Å². The number of aromatic nitrogens is 3. The van der Waals surface area contributed by atoms with Crippen molar-refractivity contribution in [3.8, 4) is 0 Å². The summed E-state index contributed by atoms with van der Waals surface area (Å²) in [4.78, 5) is 24.0. The van der Waals surface area contributed by atoms with E-state index in [2.05, 4.69) is 27.4 Å². The predicted molar refractivity (Wildman–Crippen MR) is 89.1 cm³/mol. The Morgan fingerprint density at radius 3 is 2.91 bits per heavy atom. The lowest BCUT2D eigenvalue weighted by Crippen LogP contribution is -2.47. The van der Waals surface area contributed by atoms with E-state index in [0.29, 0.717) is 11.7 Å². The third kappa shape index (κ3) is 5.38. The largest absolute Gasteiger partial charge is 0.335 e. The van der Waals surface area contributed by atoms with Gasteiger partial charge in [0, 0.05) is 12.6 Å². The van der Waals surface area contributed by atoms with Crippen LogP contribution in [0.2, 0.25) is 0 Å². The topological polar surface area (TPSA) is 88.9 Å². The van der Waals surface area contributed by atoms with Gasteiger partial charge in [-0.2, -0.15) is 0 Å². The van der Waals surface area contributed by atoms with E-state index in [4.69, 9.17) is 0 Å². The summed E-state index contributed by atoms with van der Waals surface area (Å²) in [6.45, 7) is 5.98. The number of carbonyl (C=O) groups is 2. The van der Waals surface area contributed by atoms with Gasteiger partial charge in [-0.1, -0.05) is 37.1 Å². The molecular formula is C15H23N5O2S. The highest BCUT2D eigenvalue weighted by atomic mass is 32.2. The molecule has 0 unspecified atom stereocenters. The zero-order chi connectivity index (χ0) is 16.7. The van der Waals surface area contributed by atoms with E-state index in [9.17, 15) is 9.59 Å². The molecular weight excluding hydrogens is 314 g/mol. The summed E-state index contributed by atoms with van der Waals surface area (Å²) in [6.07, 6.45) is 8.76. The number of nitrogens with one attached hydrogen (secondary N) is 2. The Bertz CT molecular complexity index is 554. The molecule has 1 atom stereocenters. The first-order valence-corrected chi connectivity index (χ1v) is 8.75. The first-order chi connectivity index (χ1) is 11.1. The number of hydrogen-bond acceptors (Lipinski definition) is 5. The second-order valence-corrected chi connectivity index (χ2v) is 6.92. The number of thioether (sulfide) groups is 1. The van der Waals surface area contributed by atoms with Crippen LogP contribution in [0.25, 0.3) is 0 Å². The molecule has 1 aromatic heterocycles. The van der Waals surface area contributed by atoms with Crippen molar-refractivity contribution in [2.75, 3.05) is 0 Å². The highest BCUT2D eigenvalue weighted by Gasteiger charge is 2.21. The molecule has 0 aliphatic heterocycles. The average Bonchev–Trinajstić information content (AvgIpc) is 2.95. The molecule has 0 aromatic carbocycles. The van der Waals surface area contributed by atoms with Crippen molar-refractivity contribution in [3.05, 3.63) is 19.0 Å². The van der Waals surface area contributed by atoms with Gasteiger partial charge in [0.05, 0.1) is 5.25 Å². The van der Waals surface area contributed by atoms with Crippen LogP contribution in [0.5, 0.6) is 0 Å². The molecule has 0 spiro atoms. The first kappa shape index (κ1) is 17.5. The lowest BCUT2D eigenvalue weighted by Gasteiger charge is -2.23. The smallest absolute Gasteiger partial charge is 0.321 e. The third-order valence-corrected chi connectivity index (χ3v) is 4.83. The van der Waals surface area contributed by atoms with Crippen LogP contribution in [-0.4, -0.2) is 38.0 Å². The van der Waals surface area contributed by atoms with Gasteiger partial charge in [-0.05, 0) is 19.8 Å². The minimum atomic E-state index is -0.445. The Morgan fingerprint density at radius 1 is 1.48 bits per heavy atom. The summed E-state index contributed by atoms with van der Waals surface area (Å²) in [7, 11) is 0. The summed E-state index contributed by atoms with van der Waals surface area (Å²) in [5.74, 6) is -0.337. The van der Waals surface area contributed by atoms with Gasteiger partial charge in [-0.25, -0.2) is 4.79 Å². The molecule has 1 saturated carbocycles. The van der Waals surface area contributed by atoms with Gasteiger partial charge < -0.3 is 9.88 Å². The molecule has 1 aliphatic carbocycles. The van der Waals surface area contributed by atoms with Gasteiger partial charge in [-0.3, -0.25) is 10.1 Å². The minimum absolute atomic E-state index is 0.176. The van der Waals surface area contributed by atoms with Crippen molar-refractivity contribution in [2.24, 2.45) is 0 Å². The molecule has 2 N–H and O–H groups in total. The van der Waals surface area contributed by atoms with E-state index >= 15 is 0 Å². The number of nitrogens with zero attached hydrogens (tertiary/aromatic N) is 3. The number of rotatable bonds is 6. The highest BCUT2D eigenvalue weighted by molar-refractivity contribution is 8.00. The van der Waals surface area contributed by atoms with Gasteiger partial charge in [0.25, 0.3) is 0 Å². The average molecular weight is 337 g/mol. The van der Waals surface area contributed by atoms with Crippen LogP contribution in [0, 0.1) is 0 Å². The highest BCUT2D eigenvalue weighted by Crippen LogP contribution is 2.21. The number of urea groups is 1. The number of allylic oxidation sites excluding steroid dienone is 1. The lowest BCUT2D eigenvalue weighted by atomic mass is 9.96. The number of hydrogen-bond donors (Lipinski definition) is 2. The molecule has 3 amide bonds. The summed E-state index contributed by atoms with van der Waals surface area (Å²) < 4.78 is 1.80. The molecule has 0 bridgehead atoms. The second-order valence-electron chi connectivity index (χ2n) is 5.61. The SMILES string of the molecule is C=CCn1cnnc1S[C@H](C)C(=O)NC(=O)NC1CCCCC1. The van der Waals surface area contributed by atoms with Gasteiger partial charge in [0.2, 0.25) is 5.91 Å². The van der Waals surface area contributed by atoms with Crippen LogP contribution in [0.1, 0.15) is 39.0 Å². The Kier molecular flexibility index (Phi) is 6.64. The normalized spacial score (nSPS) is 16.6. The van der Waals surface area contributed by atoms with Crippen molar-refractivity contribution >= 4 is 23.7 Å². The van der Waals surface area contributed by atoms with E-state index in [1.54, 1.807) is 23.9 Å². The molecule has 1 heterocycles. The van der Waals surface area contributed by atoms with E-state index in [1.165, 1.54) is 18.2 Å². The van der Waals surface area contributed by atoms with E-state index in [-0.39, 0.29) is 11.9 Å². The van der Waals surface area contributed by atoms with E-state index < -0.39 is 11.3 Å². The number of amides is 3. The Balaban J connectivity index is 1.80. The van der Waals surface area contributed by atoms with Crippen LogP contribution in [0.4, 0.5) is 4.79 Å². The second kappa shape index (κ2) is 8.71. The van der Waals surface area contributed by atoms with Gasteiger partial charge in [-0.15, -0.1) is 16.8 Å². The molecule has 1 aromatic rings. The van der Waals surface area contributed by atoms with Crippen molar-refractivity contribution < 1.29 is 9.59 Å². The molecule has 126 valence electrons. The van der Waals surface area contributed by atoms with Gasteiger partial charge in [0.15, 0.2) is 5.16 Å². The summed E-state index contributed by atoms with van der Waals surface area (Å²) in [5.41, 5.74) is 0. The Morgan fingerprint density at radius 2 is 2.22 bits per heavy atom. The maximum atomic E-state index is 12.1. The lowest BCUT2D eigenvalue weighted by molar-refractivity contribution is -0.119. The molecule has 2 rings (SSSR count). The predicted octanol–water partition coefficient (Wildman–Crippen LogP) is 2.10. The maximum Gasteiger partial charge on any atom is 0.321 e. The van der Waals surface area contributed by atoms with Crippen LogP contribution in [0.3, 0.4) is 0 Å². The number of carbonyl (C=O) groups excluding carboxylic acids is 2. The molecule has 1 fully saturated rings. The van der Waals surface area contributed by atoms with Crippen LogP contribution in [-0.2, 0) is 11.3 Å². The summed E-state index contributed by atoms with van der Waals surface area (Å²) >= 11 is 1.26. The molecule has 1 aliphatic rings. The van der Waals surface area contributed by atoms with Crippen molar-refractivity contribution in [1.29, 1.82) is 0 Å². The van der Waals surface area contributed by atoms with E-state index in [0.717, 1.165) is 25.7 Å². The molecule has 8 heteroatoms. The standard InChI is InChI=1S/C15H23N5O2S/c1-3-9-20-10-16-19-15(20)23-11(2)13(21)18-14(22)17-12-7-5-4-6-8-12/h3,10-12H,1,4-9H2,2H3,(H2,17,18,21,22)/t11-/m1/s1. The molecule has 23 heavy (non-hydrogen) atoms.